The first-order chi connectivity index (χ1) is 27.8. The van der Waals surface area contributed by atoms with Crippen LogP contribution in [0.2, 0.25) is 0 Å². The molecule has 262 valence electrons. The molecule has 0 aliphatic heterocycles. The Morgan fingerprint density at radius 2 is 0.875 bits per heavy atom. The van der Waals surface area contributed by atoms with Gasteiger partial charge in [0.2, 0.25) is 6.71 Å². The van der Waals surface area contributed by atoms with Crippen molar-refractivity contribution in [3.05, 3.63) is 194 Å². The van der Waals surface area contributed by atoms with E-state index in [-0.39, 0.29) is 6.71 Å². The largest absolute Gasteiger partial charge is 0.294 e. The highest BCUT2D eigenvalue weighted by molar-refractivity contribution is 7.14. The lowest BCUT2D eigenvalue weighted by molar-refractivity contribution is 1.08. The standard InChI is InChI=1S/C49H32BN5S/c1-3-15-33(16-4-1)48-47(49(56-53-48)34-17-5-2-6-18-34)50(35-25-27-39-37-19-7-9-21-41(37)54(43(39)31-35)45-23-11-13-29-51-45)36-26-28-40-38-20-8-10-22-42(38)55(44(40)32-36)46-24-12-14-30-52-46/h1-32H. The molecule has 5 nitrogen and oxygen atoms in total. The molecule has 0 N–H and O–H groups in total. The first-order valence-corrected chi connectivity index (χ1v) is 19.6. The summed E-state index contributed by atoms with van der Waals surface area (Å²) in [5.41, 5.74) is 11.3. The van der Waals surface area contributed by atoms with Gasteiger partial charge in [0, 0.05) is 39.5 Å². The second-order valence-corrected chi connectivity index (χ2v) is 14.8. The molecule has 7 heteroatoms. The summed E-state index contributed by atoms with van der Waals surface area (Å²) < 4.78 is 9.87. The Bertz CT molecular complexity index is 2980. The van der Waals surface area contributed by atoms with Gasteiger partial charge in [-0.3, -0.25) is 9.13 Å². The van der Waals surface area contributed by atoms with Gasteiger partial charge < -0.3 is 0 Å². The molecule has 0 bridgehead atoms. The zero-order valence-electron chi connectivity index (χ0n) is 30.2. The molecule has 0 saturated heterocycles. The topological polar surface area (TPSA) is 48.5 Å². The van der Waals surface area contributed by atoms with Crippen molar-refractivity contribution in [1.82, 2.24) is 23.5 Å². The Balaban J connectivity index is 1.25. The van der Waals surface area contributed by atoms with Gasteiger partial charge in [-0.1, -0.05) is 144 Å². The van der Waals surface area contributed by atoms with Gasteiger partial charge >= 0.3 is 0 Å². The smallest absolute Gasteiger partial charge is 0.246 e. The summed E-state index contributed by atoms with van der Waals surface area (Å²) in [5, 5.41) is 4.78. The van der Waals surface area contributed by atoms with E-state index < -0.39 is 0 Å². The molecular weight excluding hydrogens is 701 g/mol. The fraction of sp³-hybridized carbons (Fsp3) is 0. The lowest BCUT2D eigenvalue weighted by Crippen LogP contribution is -2.53. The Hall–Kier alpha value is -7.09. The number of hydrogen-bond acceptors (Lipinski definition) is 4. The third kappa shape index (κ3) is 5.20. The van der Waals surface area contributed by atoms with Gasteiger partial charge in [0.15, 0.2) is 0 Å². The van der Waals surface area contributed by atoms with E-state index in [4.69, 9.17) is 14.3 Å². The average Bonchev–Trinajstić information content (AvgIpc) is 3.95. The Kier molecular flexibility index (Phi) is 7.71. The first-order valence-electron chi connectivity index (χ1n) is 18.8. The minimum absolute atomic E-state index is 0.182. The molecular formula is C49H32BN5S. The van der Waals surface area contributed by atoms with E-state index in [0.29, 0.717) is 0 Å². The number of fused-ring (bicyclic) bond motifs is 6. The summed E-state index contributed by atoms with van der Waals surface area (Å²) in [4.78, 5) is 10.9. The van der Waals surface area contributed by atoms with E-state index in [1.54, 1.807) is 11.5 Å². The average molecular weight is 734 g/mol. The third-order valence-electron chi connectivity index (χ3n) is 10.9. The maximum Gasteiger partial charge on any atom is 0.246 e. The van der Waals surface area contributed by atoms with Crippen LogP contribution in [0, 0.1) is 0 Å². The number of pyridine rings is 2. The van der Waals surface area contributed by atoms with Crippen molar-refractivity contribution in [2.75, 3.05) is 0 Å². The number of para-hydroxylation sites is 2. The quantitative estimate of drug-likeness (QED) is 0.153. The molecule has 0 radical (unpaired) electrons. The van der Waals surface area contributed by atoms with E-state index in [2.05, 4.69) is 179 Å². The van der Waals surface area contributed by atoms with Crippen LogP contribution < -0.4 is 16.4 Å². The summed E-state index contributed by atoms with van der Waals surface area (Å²) in [6.45, 7) is -0.182. The Labute approximate surface area is 328 Å². The minimum Gasteiger partial charge on any atom is -0.294 e. The second kappa shape index (κ2) is 13.3. The molecule has 0 fully saturated rings. The van der Waals surface area contributed by atoms with E-state index >= 15 is 0 Å². The van der Waals surface area contributed by atoms with Crippen LogP contribution in [0.1, 0.15) is 0 Å². The van der Waals surface area contributed by atoms with Crippen molar-refractivity contribution in [2.45, 2.75) is 0 Å². The minimum atomic E-state index is -0.182. The lowest BCUT2D eigenvalue weighted by Gasteiger charge is -2.19. The van der Waals surface area contributed by atoms with Gasteiger partial charge in [0.05, 0.1) is 32.6 Å². The summed E-state index contributed by atoms with van der Waals surface area (Å²) in [5.74, 6) is 1.78. The highest BCUT2D eigenvalue weighted by Gasteiger charge is 2.32. The van der Waals surface area contributed by atoms with Gasteiger partial charge in [0.1, 0.15) is 11.6 Å². The molecule has 0 amide bonds. The fourth-order valence-corrected chi connectivity index (χ4v) is 9.43. The zero-order chi connectivity index (χ0) is 37.0. The van der Waals surface area contributed by atoms with Crippen LogP contribution in [0.5, 0.6) is 0 Å². The molecule has 0 aliphatic carbocycles. The van der Waals surface area contributed by atoms with Crippen LogP contribution in [-0.4, -0.2) is 30.2 Å². The van der Waals surface area contributed by atoms with Crippen LogP contribution in [0.4, 0.5) is 0 Å². The number of aromatic nitrogens is 5. The van der Waals surface area contributed by atoms with Crippen molar-refractivity contribution in [1.29, 1.82) is 0 Å². The van der Waals surface area contributed by atoms with Crippen LogP contribution in [0.3, 0.4) is 0 Å². The van der Waals surface area contributed by atoms with E-state index in [9.17, 15) is 0 Å². The van der Waals surface area contributed by atoms with Crippen molar-refractivity contribution < 1.29 is 0 Å². The van der Waals surface area contributed by atoms with Gasteiger partial charge in [-0.2, -0.15) is 4.37 Å². The number of nitrogens with zero attached hydrogens (tertiary/aromatic N) is 5. The SMILES string of the molecule is c1ccc(-c2nsc(-c3ccccc3)c2B(c2ccc3c4ccccc4n(-c4ccccn4)c3c2)c2ccc3c4ccccc4n(-c4ccccn4)c3c2)cc1. The molecule has 11 rings (SSSR count). The van der Waals surface area contributed by atoms with E-state index in [1.807, 2.05) is 24.5 Å². The van der Waals surface area contributed by atoms with Gasteiger partial charge in [-0.05, 0) is 71.1 Å². The van der Waals surface area contributed by atoms with Crippen LogP contribution in [0.25, 0.3) is 76.9 Å². The second-order valence-electron chi connectivity index (χ2n) is 14.1. The highest BCUT2D eigenvalue weighted by Crippen LogP contribution is 2.34. The van der Waals surface area contributed by atoms with E-state index in [1.165, 1.54) is 37.9 Å². The number of benzene rings is 6. The summed E-state index contributed by atoms with van der Waals surface area (Å²) >= 11 is 1.58. The molecule has 0 unspecified atom stereocenters. The maximum absolute atomic E-state index is 5.27. The molecule has 5 aromatic heterocycles. The predicted molar refractivity (Wildman–Crippen MR) is 235 cm³/mol. The predicted octanol–water partition coefficient (Wildman–Crippen LogP) is 9.98. The summed E-state index contributed by atoms with van der Waals surface area (Å²) in [6.07, 6.45) is 3.74. The highest BCUT2D eigenvalue weighted by atomic mass is 32.1. The molecule has 0 aliphatic rings. The summed E-state index contributed by atoms with van der Waals surface area (Å²) in [6, 6.07) is 64.8. The third-order valence-corrected chi connectivity index (χ3v) is 11.8. The van der Waals surface area contributed by atoms with Crippen LogP contribution in [-0.2, 0) is 0 Å². The molecule has 11 aromatic rings. The number of rotatable bonds is 7. The van der Waals surface area contributed by atoms with E-state index in [0.717, 1.165) is 55.4 Å². The molecule has 56 heavy (non-hydrogen) atoms. The molecule has 0 saturated carbocycles. The maximum atomic E-state index is 5.27. The van der Waals surface area contributed by atoms with Crippen LogP contribution in [0.15, 0.2) is 194 Å². The zero-order valence-corrected chi connectivity index (χ0v) is 31.0. The van der Waals surface area contributed by atoms with Crippen molar-refractivity contribution in [3.8, 4) is 33.3 Å². The monoisotopic (exact) mass is 733 g/mol. The molecule has 0 atom stereocenters. The fourth-order valence-electron chi connectivity index (χ4n) is 8.49. The van der Waals surface area contributed by atoms with Crippen molar-refractivity contribution in [2.24, 2.45) is 0 Å². The van der Waals surface area contributed by atoms with Gasteiger partial charge in [-0.25, -0.2) is 9.97 Å². The Morgan fingerprint density at radius 3 is 1.39 bits per heavy atom. The molecule has 0 spiro atoms. The Morgan fingerprint density at radius 1 is 0.411 bits per heavy atom. The van der Waals surface area contributed by atoms with Crippen molar-refractivity contribution >= 4 is 78.2 Å². The number of hydrogen-bond donors (Lipinski definition) is 0. The molecule has 5 heterocycles. The lowest BCUT2D eigenvalue weighted by atomic mass is 9.36. The molecule has 6 aromatic carbocycles. The first kappa shape index (κ1) is 32.4. The van der Waals surface area contributed by atoms with Crippen LogP contribution >= 0.6 is 11.5 Å². The van der Waals surface area contributed by atoms with Gasteiger partial charge in [-0.15, -0.1) is 0 Å². The van der Waals surface area contributed by atoms with Gasteiger partial charge in [0.25, 0.3) is 0 Å². The summed E-state index contributed by atoms with van der Waals surface area (Å²) in [7, 11) is 0. The van der Waals surface area contributed by atoms with Crippen molar-refractivity contribution in [3.63, 3.8) is 0 Å². The normalized spacial score (nSPS) is 11.6.